The first-order valence-electron chi connectivity index (χ1n) is 5.30. The molecule has 0 amide bonds. The van der Waals surface area contributed by atoms with Crippen LogP contribution in [0.2, 0.25) is 0 Å². The van der Waals surface area contributed by atoms with Gasteiger partial charge in [0.1, 0.15) is 0 Å². The molecule has 0 radical (unpaired) electrons. The van der Waals surface area contributed by atoms with Gasteiger partial charge in [0, 0.05) is 19.1 Å². The van der Waals surface area contributed by atoms with Crippen molar-refractivity contribution in [1.82, 2.24) is 4.31 Å². The molecule has 1 aliphatic heterocycles. The van der Waals surface area contributed by atoms with E-state index in [2.05, 4.69) is 0 Å². The van der Waals surface area contributed by atoms with E-state index in [9.17, 15) is 8.42 Å². The van der Waals surface area contributed by atoms with Gasteiger partial charge in [0.2, 0.25) is 10.0 Å². The zero-order chi connectivity index (χ0) is 12.5. The van der Waals surface area contributed by atoms with Crippen LogP contribution in [0.1, 0.15) is 12.0 Å². The van der Waals surface area contributed by atoms with Gasteiger partial charge in [-0.3, -0.25) is 0 Å². The summed E-state index contributed by atoms with van der Waals surface area (Å²) in [5, 5.41) is 8.65. The Bertz CT molecular complexity index is 551. The summed E-state index contributed by atoms with van der Waals surface area (Å²) in [4.78, 5) is 0.214. The molecule has 98 valence electrons. The molecule has 0 saturated carbocycles. The molecule has 1 aromatic carbocycles. The maximum Gasteiger partial charge on any atom is 0.243 e. The highest BCUT2D eigenvalue weighted by atomic mass is 35.5. The summed E-state index contributed by atoms with van der Waals surface area (Å²) < 4.78 is 25.7. The smallest absolute Gasteiger partial charge is 0.243 e. The minimum absolute atomic E-state index is 0. The van der Waals surface area contributed by atoms with E-state index in [1.807, 2.05) is 6.07 Å². The van der Waals surface area contributed by atoms with Crippen LogP contribution in [0.5, 0.6) is 0 Å². The Kier molecular flexibility index (Phi) is 4.71. The number of sulfonamides is 1. The highest BCUT2D eigenvalue weighted by Gasteiger charge is 2.30. The SMILES string of the molecule is Cl.N#Cc1ccc(S(=O)(=O)N2CC[C@@H](N)C2)cc1. The summed E-state index contributed by atoms with van der Waals surface area (Å²) in [6.45, 7) is 0.825. The molecule has 0 aliphatic carbocycles. The number of hydrogen-bond donors (Lipinski definition) is 1. The molecule has 2 N–H and O–H groups in total. The molecule has 1 aromatic rings. The van der Waals surface area contributed by atoms with Gasteiger partial charge in [-0.1, -0.05) is 0 Å². The van der Waals surface area contributed by atoms with E-state index in [4.69, 9.17) is 11.0 Å². The number of nitrogens with two attached hydrogens (primary N) is 1. The second-order valence-corrected chi connectivity index (χ2v) is 5.99. The summed E-state index contributed by atoms with van der Waals surface area (Å²) in [5.41, 5.74) is 6.14. The van der Waals surface area contributed by atoms with E-state index < -0.39 is 10.0 Å². The van der Waals surface area contributed by atoms with Gasteiger partial charge in [0.15, 0.2) is 0 Å². The number of benzene rings is 1. The number of nitriles is 1. The van der Waals surface area contributed by atoms with Gasteiger partial charge in [0.05, 0.1) is 16.5 Å². The summed E-state index contributed by atoms with van der Waals surface area (Å²) >= 11 is 0. The lowest BCUT2D eigenvalue weighted by Crippen LogP contribution is -2.31. The monoisotopic (exact) mass is 287 g/mol. The van der Waals surface area contributed by atoms with Crippen LogP contribution in [0.3, 0.4) is 0 Å². The fourth-order valence-electron chi connectivity index (χ4n) is 1.82. The van der Waals surface area contributed by atoms with Crippen LogP contribution < -0.4 is 5.73 Å². The van der Waals surface area contributed by atoms with Crippen molar-refractivity contribution < 1.29 is 8.42 Å². The molecule has 2 rings (SSSR count). The Morgan fingerprint density at radius 3 is 2.39 bits per heavy atom. The molecule has 0 spiro atoms. The predicted molar refractivity (Wildman–Crippen MR) is 69.8 cm³/mol. The summed E-state index contributed by atoms with van der Waals surface area (Å²) in [5.74, 6) is 0. The van der Waals surface area contributed by atoms with Crippen LogP contribution in [-0.4, -0.2) is 31.9 Å². The summed E-state index contributed by atoms with van der Waals surface area (Å²) in [7, 11) is -3.45. The third-order valence-corrected chi connectivity index (χ3v) is 4.69. The normalized spacial score (nSPS) is 20.1. The number of nitrogens with zero attached hydrogens (tertiary/aromatic N) is 2. The Labute approximate surface area is 113 Å². The second kappa shape index (κ2) is 5.67. The Hall–Kier alpha value is -1.13. The Morgan fingerprint density at radius 2 is 1.94 bits per heavy atom. The topological polar surface area (TPSA) is 87.2 Å². The molecule has 5 nitrogen and oxygen atoms in total. The van der Waals surface area contributed by atoms with Crippen molar-refractivity contribution in [2.45, 2.75) is 17.4 Å². The van der Waals surface area contributed by atoms with Gasteiger partial charge >= 0.3 is 0 Å². The molecule has 18 heavy (non-hydrogen) atoms. The van der Waals surface area contributed by atoms with Gasteiger partial charge in [0.25, 0.3) is 0 Å². The van der Waals surface area contributed by atoms with Crippen LogP contribution in [-0.2, 0) is 10.0 Å². The molecule has 0 bridgehead atoms. The van der Waals surface area contributed by atoms with Crippen molar-refractivity contribution in [3.63, 3.8) is 0 Å². The van der Waals surface area contributed by atoms with Gasteiger partial charge in [-0.2, -0.15) is 9.57 Å². The van der Waals surface area contributed by atoms with Crippen molar-refractivity contribution in [3.8, 4) is 6.07 Å². The maximum absolute atomic E-state index is 12.2. The van der Waals surface area contributed by atoms with Crippen LogP contribution in [0.25, 0.3) is 0 Å². The van der Waals surface area contributed by atoms with Gasteiger partial charge in [-0.25, -0.2) is 8.42 Å². The highest BCUT2D eigenvalue weighted by molar-refractivity contribution is 7.89. The van der Waals surface area contributed by atoms with Crippen molar-refractivity contribution in [3.05, 3.63) is 29.8 Å². The molecule has 0 aromatic heterocycles. The minimum atomic E-state index is -3.45. The largest absolute Gasteiger partial charge is 0.326 e. The summed E-state index contributed by atoms with van der Waals surface area (Å²) in [6.07, 6.45) is 0.690. The molecule has 1 fully saturated rings. The van der Waals surface area contributed by atoms with Crippen LogP contribution >= 0.6 is 12.4 Å². The zero-order valence-corrected chi connectivity index (χ0v) is 11.2. The Morgan fingerprint density at radius 1 is 1.33 bits per heavy atom. The van der Waals surface area contributed by atoms with Gasteiger partial charge in [-0.15, -0.1) is 12.4 Å². The molecule has 7 heteroatoms. The first-order valence-corrected chi connectivity index (χ1v) is 6.74. The van der Waals surface area contributed by atoms with E-state index in [1.165, 1.54) is 28.6 Å². The van der Waals surface area contributed by atoms with Crippen LogP contribution in [0, 0.1) is 11.3 Å². The predicted octanol–water partition coefficient (Wildman–Crippen LogP) is 0.702. The van der Waals surface area contributed by atoms with E-state index in [0.29, 0.717) is 25.1 Å². The molecule has 1 aliphatic rings. The van der Waals surface area contributed by atoms with Gasteiger partial charge in [-0.05, 0) is 30.7 Å². The second-order valence-electron chi connectivity index (χ2n) is 4.05. The number of hydrogen-bond acceptors (Lipinski definition) is 4. The molecule has 0 unspecified atom stereocenters. The lowest BCUT2D eigenvalue weighted by Gasteiger charge is -2.15. The van der Waals surface area contributed by atoms with Crippen molar-refractivity contribution in [1.29, 1.82) is 5.26 Å². The molecular weight excluding hydrogens is 274 g/mol. The van der Waals surface area contributed by atoms with Crippen LogP contribution in [0.4, 0.5) is 0 Å². The molecule has 1 heterocycles. The fraction of sp³-hybridized carbons (Fsp3) is 0.364. The third kappa shape index (κ3) is 2.82. The number of rotatable bonds is 2. The quantitative estimate of drug-likeness (QED) is 0.867. The summed E-state index contributed by atoms with van der Waals surface area (Å²) in [6, 6.07) is 7.79. The van der Waals surface area contributed by atoms with Crippen LogP contribution in [0.15, 0.2) is 29.2 Å². The highest BCUT2D eigenvalue weighted by Crippen LogP contribution is 2.20. The molecule has 1 atom stereocenters. The molecular formula is C11H14ClN3O2S. The third-order valence-electron chi connectivity index (χ3n) is 2.81. The van der Waals surface area contributed by atoms with E-state index in [-0.39, 0.29) is 23.3 Å². The first-order chi connectivity index (χ1) is 8.04. The fourth-order valence-corrected chi connectivity index (χ4v) is 3.33. The molecule has 1 saturated heterocycles. The zero-order valence-electron chi connectivity index (χ0n) is 9.61. The standard InChI is InChI=1S/C11H13N3O2S.ClH/c12-7-9-1-3-11(4-2-9)17(15,16)14-6-5-10(13)8-14;/h1-4,10H,5-6,8,13H2;1H/t10-;/m1./s1. The average Bonchev–Trinajstić information content (AvgIpc) is 2.77. The van der Waals surface area contributed by atoms with Gasteiger partial charge < -0.3 is 5.73 Å². The van der Waals surface area contributed by atoms with Crippen molar-refractivity contribution in [2.75, 3.05) is 13.1 Å². The maximum atomic E-state index is 12.2. The van der Waals surface area contributed by atoms with Crippen molar-refractivity contribution >= 4 is 22.4 Å². The first kappa shape index (κ1) is 14.9. The average molecular weight is 288 g/mol. The lowest BCUT2D eigenvalue weighted by atomic mass is 10.2. The van der Waals surface area contributed by atoms with E-state index >= 15 is 0 Å². The number of halogens is 1. The van der Waals surface area contributed by atoms with Crippen molar-refractivity contribution in [2.24, 2.45) is 5.73 Å². The van der Waals surface area contributed by atoms with E-state index in [1.54, 1.807) is 0 Å². The van der Waals surface area contributed by atoms with E-state index in [0.717, 1.165) is 0 Å². The minimum Gasteiger partial charge on any atom is -0.326 e. The Balaban J connectivity index is 0.00000162. The lowest BCUT2D eigenvalue weighted by molar-refractivity contribution is 0.472.